The van der Waals surface area contributed by atoms with E-state index in [1.54, 1.807) is 18.2 Å². The quantitative estimate of drug-likeness (QED) is 0.509. The highest BCUT2D eigenvalue weighted by molar-refractivity contribution is 5.94. The molecule has 1 heterocycles. The Morgan fingerprint density at radius 3 is 2.43 bits per heavy atom. The van der Waals surface area contributed by atoms with E-state index in [0.717, 1.165) is 16.8 Å². The van der Waals surface area contributed by atoms with E-state index in [1.165, 1.54) is 12.1 Å². The highest BCUT2D eigenvalue weighted by Crippen LogP contribution is 2.46. The molecule has 0 aliphatic carbocycles. The molecule has 3 rings (SSSR count). The molecule has 0 spiro atoms. The summed E-state index contributed by atoms with van der Waals surface area (Å²) in [6, 6.07) is 14.5. The topological polar surface area (TPSA) is 77.8 Å². The second-order valence-electron chi connectivity index (χ2n) is 7.85. The first-order valence-electron chi connectivity index (χ1n) is 10.0. The van der Waals surface area contributed by atoms with E-state index in [4.69, 9.17) is 5.11 Å². The maximum Gasteiger partial charge on any atom is 0.310 e. The number of aliphatic hydroxyl groups excluding tert-OH is 1. The van der Waals surface area contributed by atoms with Crippen LogP contribution in [-0.4, -0.2) is 40.2 Å². The summed E-state index contributed by atoms with van der Waals surface area (Å²) in [4.78, 5) is 24.6. The Labute approximate surface area is 175 Å². The third-order valence-corrected chi connectivity index (χ3v) is 5.31. The number of hydrogen-bond donors (Lipinski definition) is 2. The van der Waals surface area contributed by atoms with Gasteiger partial charge in [-0.3, -0.25) is 9.59 Å². The van der Waals surface area contributed by atoms with Gasteiger partial charge in [0.1, 0.15) is 18.0 Å². The number of rotatable bonds is 8. The highest BCUT2D eigenvalue weighted by atomic mass is 19.1. The SMILES string of the molecule is CC(C)N1c2ccccc2C(c2ccc(F)cc2)C1C=CC(O)CC(=O)CC(=O)O. The predicted octanol–water partition coefficient (Wildman–Crippen LogP) is 3.91. The summed E-state index contributed by atoms with van der Waals surface area (Å²) in [6.07, 6.45) is 1.51. The molecule has 3 unspecified atom stereocenters. The van der Waals surface area contributed by atoms with Crippen molar-refractivity contribution >= 4 is 17.4 Å². The smallest absolute Gasteiger partial charge is 0.310 e. The molecule has 0 saturated carbocycles. The number of anilines is 1. The molecular weight excluding hydrogens is 385 g/mol. The van der Waals surface area contributed by atoms with Crippen molar-refractivity contribution in [1.82, 2.24) is 0 Å². The molecule has 2 aromatic rings. The molecule has 0 amide bonds. The van der Waals surface area contributed by atoms with E-state index >= 15 is 0 Å². The Balaban J connectivity index is 1.93. The van der Waals surface area contributed by atoms with E-state index < -0.39 is 24.3 Å². The molecule has 158 valence electrons. The molecule has 0 bridgehead atoms. The predicted molar refractivity (Wildman–Crippen MR) is 113 cm³/mol. The third kappa shape index (κ3) is 4.76. The van der Waals surface area contributed by atoms with Gasteiger partial charge in [0.15, 0.2) is 0 Å². The third-order valence-electron chi connectivity index (χ3n) is 5.31. The normalized spacial score (nSPS) is 19.3. The molecule has 0 aromatic heterocycles. The van der Waals surface area contributed by atoms with E-state index in [1.807, 2.05) is 24.3 Å². The van der Waals surface area contributed by atoms with Gasteiger partial charge >= 0.3 is 5.97 Å². The Hall–Kier alpha value is -2.99. The lowest BCUT2D eigenvalue weighted by molar-refractivity contribution is -0.140. The van der Waals surface area contributed by atoms with E-state index in [2.05, 4.69) is 24.8 Å². The molecular formula is C24H26FNO4. The van der Waals surface area contributed by atoms with Crippen LogP contribution in [0.4, 0.5) is 10.1 Å². The number of para-hydroxylation sites is 1. The molecule has 0 saturated heterocycles. The number of aliphatic hydroxyl groups is 1. The summed E-state index contributed by atoms with van der Waals surface area (Å²) in [5, 5.41) is 19.0. The standard InChI is InChI=1S/C24H26FNO4/c1-15(2)26-21-6-4-3-5-20(21)24(16-7-9-17(25)10-8-16)22(26)12-11-18(27)13-19(28)14-23(29)30/h3-12,15,18,22,24,27H,13-14H2,1-2H3,(H,29,30). The molecule has 1 aliphatic heterocycles. The second kappa shape index (κ2) is 9.22. The fraction of sp³-hybridized carbons (Fsp3) is 0.333. The van der Waals surface area contributed by atoms with Crippen LogP contribution in [0.5, 0.6) is 0 Å². The van der Waals surface area contributed by atoms with E-state index in [0.29, 0.717) is 0 Å². The molecule has 1 aliphatic rings. The number of carbonyl (C=O) groups excluding carboxylic acids is 1. The lowest BCUT2D eigenvalue weighted by atomic mass is 9.87. The van der Waals surface area contributed by atoms with Crippen LogP contribution in [0.1, 0.15) is 43.7 Å². The first kappa shape index (κ1) is 21.7. The Morgan fingerprint density at radius 1 is 1.13 bits per heavy atom. The second-order valence-corrected chi connectivity index (χ2v) is 7.85. The number of carboxylic acid groups (broad SMARTS) is 1. The summed E-state index contributed by atoms with van der Waals surface area (Å²) in [5.74, 6) is -2.09. The number of carboxylic acids is 1. The van der Waals surface area contributed by atoms with Crippen LogP contribution in [0.25, 0.3) is 0 Å². The molecule has 6 heteroatoms. The van der Waals surface area contributed by atoms with Crippen LogP contribution >= 0.6 is 0 Å². The van der Waals surface area contributed by atoms with Crippen molar-refractivity contribution in [2.24, 2.45) is 0 Å². The van der Waals surface area contributed by atoms with Crippen LogP contribution < -0.4 is 4.90 Å². The van der Waals surface area contributed by atoms with Gasteiger partial charge in [-0.05, 0) is 43.2 Å². The van der Waals surface area contributed by atoms with Gasteiger partial charge in [0.05, 0.1) is 12.1 Å². The Bertz CT molecular complexity index is 938. The number of fused-ring (bicyclic) bond motifs is 1. The number of aliphatic carboxylic acids is 1. The van der Waals surface area contributed by atoms with Gasteiger partial charge in [-0.2, -0.15) is 0 Å². The summed E-state index contributed by atoms with van der Waals surface area (Å²) >= 11 is 0. The maximum atomic E-state index is 13.5. The van der Waals surface area contributed by atoms with Crippen LogP contribution in [0.2, 0.25) is 0 Å². The number of ketones is 1. The van der Waals surface area contributed by atoms with Crippen molar-refractivity contribution in [3.63, 3.8) is 0 Å². The minimum absolute atomic E-state index is 0.0672. The largest absolute Gasteiger partial charge is 0.481 e. The van der Waals surface area contributed by atoms with Crippen molar-refractivity contribution in [3.8, 4) is 0 Å². The summed E-state index contributed by atoms with van der Waals surface area (Å²) in [7, 11) is 0. The average Bonchev–Trinajstić information content (AvgIpc) is 3.00. The Morgan fingerprint density at radius 2 is 1.80 bits per heavy atom. The summed E-state index contributed by atoms with van der Waals surface area (Å²) < 4.78 is 13.5. The van der Waals surface area contributed by atoms with Crippen LogP contribution in [-0.2, 0) is 9.59 Å². The minimum atomic E-state index is -1.20. The van der Waals surface area contributed by atoms with Crippen molar-refractivity contribution in [2.45, 2.75) is 50.8 Å². The lowest BCUT2D eigenvalue weighted by Gasteiger charge is -2.32. The molecule has 0 radical (unpaired) electrons. The van der Waals surface area contributed by atoms with Crippen molar-refractivity contribution in [2.75, 3.05) is 4.90 Å². The first-order valence-corrected chi connectivity index (χ1v) is 10.0. The molecule has 2 N–H and O–H groups in total. The van der Waals surface area contributed by atoms with Gasteiger partial charge in [-0.25, -0.2) is 4.39 Å². The van der Waals surface area contributed by atoms with E-state index in [9.17, 15) is 19.1 Å². The lowest BCUT2D eigenvalue weighted by Crippen LogP contribution is -2.38. The zero-order chi connectivity index (χ0) is 21.8. The zero-order valence-corrected chi connectivity index (χ0v) is 17.0. The fourth-order valence-corrected chi connectivity index (χ4v) is 4.15. The first-order chi connectivity index (χ1) is 14.3. The number of benzene rings is 2. The van der Waals surface area contributed by atoms with Crippen LogP contribution in [0, 0.1) is 5.82 Å². The maximum absolute atomic E-state index is 13.5. The van der Waals surface area contributed by atoms with Crippen molar-refractivity contribution < 1.29 is 24.2 Å². The van der Waals surface area contributed by atoms with Crippen molar-refractivity contribution in [3.05, 3.63) is 77.6 Å². The molecule has 30 heavy (non-hydrogen) atoms. The van der Waals surface area contributed by atoms with Crippen molar-refractivity contribution in [1.29, 1.82) is 0 Å². The molecule has 3 atom stereocenters. The minimum Gasteiger partial charge on any atom is -0.481 e. The highest BCUT2D eigenvalue weighted by Gasteiger charge is 2.38. The van der Waals surface area contributed by atoms with Crippen LogP contribution in [0.3, 0.4) is 0 Å². The number of nitrogens with zero attached hydrogens (tertiary/aromatic N) is 1. The average molecular weight is 411 g/mol. The summed E-state index contributed by atoms with van der Waals surface area (Å²) in [5.41, 5.74) is 3.15. The van der Waals surface area contributed by atoms with Gasteiger partial charge < -0.3 is 15.1 Å². The summed E-state index contributed by atoms with van der Waals surface area (Å²) in [6.45, 7) is 4.16. The van der Waals surface area contributed by atoms with Gasteiger partial charge in [-0.1, -0.05) is 42.5 Å². The molecule has 5 nitrogen and oxygen atoms in total. The monoisotopic (exact) mass is 411 g/mol. The van der Waals surface area contributed by atoms with Gasteiger partial charge in [0, 0.05) is 24.1 Å². The Kier molecular flexibility index (Phi) is 6.67. The number of hydrogen-bond acceptors (Lipinski definition) is 4. The zero-order valence-electron chi connectivity index (χ0n) is 17.0. The van der Waals surface area contributed by atoms with Gasteiger partial charge in [0.2, 0.25) is 0 Å². The van der Waals surface area contributed by atoms with Crippen LogP contribution in [0.15, 0.2) is 60.7 Å². The number of halogens is 1. The van der Waals surface area contributed by atoms with Gasteiger partial charge in [-0.15, -0.1) is 0 Å². The number of Topliss-reactive ketones (excluding diaryl/α,β-unsaturated/α-hetero) is 1. The fourth-order valence-electron chi connectivity index (χ4n) is 4.15. The molecule has 2 aromatic carbocycles. The molecule has 0 fully saturated rings. The number of carbonyl (C=O) groups is 2. The van der Waals surface area contributed by atoms with Gasteiger partial charge in [0.25, 0.3) is 0 Å². The van der Waals surface area contributed by atoms with E-state index in [-0.39, 0.29) is 30.2 Å².